The number of aryl methyl sites for hydroxylation is 1. The van der Waals surface area contributed by atoms with E-state index in [0.29, 0.717) is 0 Å². The smallest absolute Gasteiger partial charge is 0.120 e. The van der Waals surface area contributed by atoms with E-state index in [1.807, 2.05) is 31.1 Å². The van der Waals surface area contributed by atoms with Crippen molar-refractivity contribution in [2.24, 2.45) is 7.05 Å². The maximum Gasteiger partial charge on any atom is 0.120 e. The van der Waals surface area contributed by atoms with Crippen molar-refractivity contribution in [2.45, 2.75) is 30.6 Å². The first kappa shape index (κ1) is 10.1. The van der Waals surface area contributed by atoms with Crippen LogP contribution in [0.5, 0.6) is 0 Å². The molecule has 0 spiro atoms. The first-order chi connectivity index (χ1) is 6.63. The quantitative estimate of drug-likeness (QED) is 0.767. The van der Waals surface area contributed by atoms with E-state index in [1.165, 1.54) is 0 Å². The minimum Gasteiger partial charge on any atom is -0.382 e. The highest BCUT2D eigenvalue weighted by Crippen LogP contribution is 2.40. The van der Waals surface area contributed by atoms with Gasteiger partial charge in [-0.2, -0.15) is 16.9 Å². The van der Waals surface area contributed by atoms with E-state index in [2.05, 4.69) is 12.0 Å². The highest BCUT2D eigenvalue weighted by Gasteiger charge is 2.40. The number of rotatable bonds is 1. The van der Waals surface area contributed by atoms with Crippen LogP contribution in [0.1, 0.15) is 25.5 Å². The molecule has 14 heavy (non-hydrogen) atoms. The van der Waals surface area contributed by atoms with Crippen LogP contribution >= 0.6 is 11.8 Å². The molecule has 2 unspecified atom stereocenters. The van der Waals surface area contributed by atoms with E-state index in [0.717, 1.165) is 24.3 Å². The molecule has 1 N–H and O–H groups in total. The Labute approximate surface area is 88.5 Å². The molecule has 3 nitrogen and oxygen atoms in total. The van der Waals surface area contributed by atoms with Gasteiger partial charge < -0.3 is 5.11 Å². The monoisotopic (exact) mass is 212 g/mol. The van der Waals surface area contributed by atoms with Crippen LogP contribution in [0.15, 0.2) is 12.3 Å². The highest BCUT2D eigenvalue weighted by atomic mass is 32.2. The SMILES string of the molecule is CC1SCCCC1(O)c1ccn(C)n1. The van der Waals surface area contributed by atoms with Gasteiger partial charge in [0.1, 0.15) is 5.60 Å². The normalized spacial score (nSPS) is 33.2. The Balaban J connectivity index is 2.29. The molecule has 2 rings (SSSR count). The number of nitrogens with zero attached hydrogens (tertiary/aromatic N) is 2. The van der Waals surface area contributed by atoms with Gasteiger partial charge in [0, 0.05) is 18.5 Å². The molecule has 1 saturated heterocycles. The van der Waals surface area contributed by atoms with Crippen LogP contribution in [0.2, 0.25) is 0 Å². The summed E-state index contributed by atoms with van der Waals surface area (Å²) in [6, 6.07) is 1.92. The number of hydrogen-bond acceptors (Lipinski definition) is 3. The van der Waals surface area contributed by atoms with Crippen molar-refractivity contribution in [1.82, 2.24) is 9.78 Å². The van der Waals surface area contributed by atoms with Gasteiger partial charge in [-0.05, 0) is 24.7 Å². The predicted octanol–water partition coefficient (Wildman–Crippen LogP) is 1.52. The molecule has 1 aliphatic rings. The van der Waals surface area contributed by atoms with Gasteiger partial charge in [0.25, 0.3) is 0 Å². The number of thioether (sulfide) groups is 1. The van der Waals surface area contributed by atoms with Gasteiger partial charge in [0.05, 0.1) is 5.69 Å². The summed E-state index contributed by atoms with van der Waals surface area (Å²) in [6.07, 6.45) is 3.79. The maximum atomic E-state index is 10.5. The molecule has 0 aromatic carbocycles. The molecular weight excluding hydrogens is 196 g/mol. The highest BCUT2D eigenvalue weighted by molar-refractivity contribution is 8.00. The lowest BCUT2D eigenvalue weighted by atomic mass is 9.90. The molecule has 4 heteroatoms. The van der Waals surface area contributed by atoms with Gasteiger partial charge in [-0.3, -0.25) is 4.68 Å². The van der Waals surface area contributed by atoms with Crippen molar-refractivity contribution in [1.29, 1.82) is 0 Å². The zero-order valence-electron chi connectivity index (χ0n) is 8.60. The summed E-state index contributed by atoms with van der Waals surface area (Å²) in [5.41, 5.74) is 0.101. The first-order valence-electron chi connectivity index (χ1n) is 4.97. The summed E-state index contributed by atoms with van der Waals surface area (Å²) in [6.45, 7) is 2.08. The Kier molecular flexibility index (Phi) is 2.58. The average molecular weight is 212 g/mol. The van der Waals surface area contributed by atoms with Crippen molar-refractivity contribution in [3.05, 3.63) is 18.0 Å². The van der Waals surface area contributed by atoms with Gasteiger partial charge in [0.15, 0.2) is 0 Å². The summed E-state index contributed by atoms with van der Waals surface area (Å²) in [4.78, 5) is 0. The lowest BCUT2D eigenvalue weighted by molar-refractivity contribution is 0.0206. The van der Waals surface area contributed by atoms with E-state index in [9.17, 15) is 5.11 Å². The van der Waals surface area contributed by atoms with Gasteiger partial charge in [-0.1, -0.05) is 6.92 Å². The van der Waals surface area contributed by atoms with Crippen molar-refractivity contribution in [3.8, 4) is 0 Å². The van der Waals surface area contributed by atoms with Gasteiger partial charge in [-0.25, -0.2) is 0 Å². The minimum absolute atomic E-state index is 0.242. The second-order valence-corrected chi connectivity index (χ2v) is 5.36. The fourth-order valence-electron chi connectivity index (χ4n) is 1.93. The van der Waals surface area contributed by atoms with Crippen LogP contribution in [0.4, 0.5) is 0 Å². The molecular formula is C10H16N2OS. The molecule has 78 valence electrons. The fraction of sp³-hybridized carbons (Fsp3) is 0.700. The molecule has 2 atom stereocenters. The average Bonchev–Trinajstić information content (AvgIpc) is 2.58. The topological polar surface area (TPSA) is 38.0 Å². The van der Waals surface area contributed by atoms with Crippen LogP contribution in [0.25, 0.3) is 0 Å². The summed E-state index contributed by atoms with van der Waals surface area (Å²) in [7, 11) is 1.88. The zero-order chi connectivity index (χ0) is 10.2. The lowest BCUT2D eigenvalue weighted by Crippen LogP contribution is -2.39. The predicted molar refractivity (Wildman–Crippen MR) is 58.3 cm³/mol. The largest absolute Gasteiger partial charge is 0.382 e. The molecule has 1 aromatic heterocycles. The second kappa shape index (κ2) is 3.59. The molecule has 0 aliphatic carbocycles. The van der Waals surface area contributed by atoms with E-state index in [1.54, 1.807) is 4.68 Å². The van der Waals surface area contributed by atoms with E-state index >= 15 is 0 Å². The third kappa shape index (κ3) is 1.57. The lowest BCUT2D eigenvalue weighted by Gasteiger charge is -2.36. The van der Waals surface area contributed by atoms with Gasteiger partial charge >= 0.3 is 0 Å². The van der Waals surface area contributed by atoms with E-state index in [-0.39, 0.29) is 5.25 Å². The molecule has 0 amide bonds. The molecule has 1 aromatic rings. The summed E-state index contributed by atoms with van der Waals surface area (Å²) >= 11 is 1.83. The van der Waals surface area contributed by atoms with Crippen LogP contribution in [-0.2, 0) is 12.6 Å². The number of aromatic nitrogens is 2. The molecule has 1 aliphatic heterocycles. The van der Waals surface area contributed by atoms with E-state index in [4.69, 9.17) is 0 Å². The van der Waals surface area contributed by atoms with Crippen molar-refractivity contribution < 1.29 is 5.11 Å². The van der Waals surface area contributed by atoms with Crippen LogP contribution in [0.3, 0.4) is 0 Å². The number of aliphatic hydroxyl groups is 1. The van der Waals surface area contributed by atoms with Crippen molar-refractivity contribution in [3.63, 3.8) is 0 Å². The minimum atomic E-state index is -0.718. The van der Waals surface area contributed by atoms with E-state index < -0.39 is 5.60 Å². The third-order valence-corrected chi connectivity index (χ3v) is 4.31. The molecule has 0 bridgehead atoms. The summed E-state index contributed by atoms with van der Waals surface area (Å²) in [5, 5.41) is 15.1. The second-order valence-electron chi connectivity index (χ2n) is 3.92. The van der Waals surface area contributed by atoms with Crippen LogP contribution in [0, 0.1) is 0 Å². The van der Waals surface area contributed by atoms with Crippen molar-refractivity contribution >= 4 is 11.8 Å². The fourth-order valence-corrected chi connectivity index (χ4v) is 3.10. The van der Waals surface area contributed by atoms with Crippen molar-refractivity contribution in [2.75, 3.05) is 5.75 Å². The van der Waals surface area contributed by atoms with Crippen LogP contribution in [-0.4, -0.2) is 25.9 Å². The molecule has 2 heterocycles. The zero-order valence-corrected chi connectivity index (χ0v) is 9.42. The number of hydrogen-bond donors (Lipinski definition) is 1. The summed E-state index contributed by atoms with van der Waals surface area (Å²) < 4.78 is 1.75. The standard InChI is InChI=1S/C10H16N2OS/c1-8-10(13,5-3-7-14-8)9-4-6-12(2)11-9/h4,6,8,13H,3,5,7H2,1-2H3. The summed E-state index contributed by atoms with van der Waals surface area (Å²) in [5.74, 6) is 1.15. The van der Waals surface area contributed by atoms with Crippen LogP contribution < -0.4 is 0 Å². The maximum absolute atomic E-state index is 10.5. The Bertz CT molecular complexity index is 326. The molecule has 0 saturated carbocycles. The molecule has 1 fully saturated rings. The Hall–Kier alpha value is -0.480. The Morgan fingerprint density at radius 2 is 2.50 bits per heavy atom. The molecule has 0 radical (unpaired) electrons. The third-order valence-electron chi connectivity index (χ3n) is 2.90. The first-order valence-corrected chi connectivity index (χ1v) is 6.02. The Morgan fingerprint density at radius 1 is 1.71 bits per heavy atom. The van der Waals surface area contributed by atoms with Gasteiger partial charge in [0.2, 0.25) is 0 Å². The Morgan fingerprint density at radius 3 is 3.07 bits per heavy atom. The van der Waals surface area contributed by atoms with Gasteiger partial charge in [-0.15, -0.1) is 0 Å².